The van der Waals surface area contributed by atoms with Gasteiger partial charge in [-0.05, 0) is 42.0 Å². The zero-order chi connectivity index (χ0) is 13.9. The van der Waals surface area contributed by atoms with E-state index in [1.54, 1.807) is 24.4 Å². The summed E-state index contributed by atoms with van der Waals surface area (Å²) in [6, 6.07) is 12.9. The van der Waals surface area contributed by atoms with Crippen LogP contribution in [0.25, 0.3) is 17.2 Å². The molecule has 0 fully saturated rings. The highest BCUT2D eigenvalue weighted by atomic mass is 15.6. The van der Waals surface area contributed by atoms with Gasteiger partial charge in [-0.25, -0.2) is 0 Å². The molecule has 2 aromatic heterocycles. The van der Waals surface area contributed by atoms with E-state index < -0.39 is 0 Å². The number of tetrazole rings is 1. The number of rotatable bonds is 2. The van der Waals surface area contributed by atoms with Crippen molar-refractivity contribution in [3.8, 4) is 23.3 Å². The summed E-state index contributed by atoms with van der Waals surface area (Å²) in [5.41, 5.74) is 2.93. The van der Waals surface area contributed by atoms with Gasteiger partial charge in [-0.2, -0.15) is 5.26 Å². The van der Waals surface area contributed by atoms with Crippen LogP contribution < -0.4 is 0 Å². The highest BCUT2D eigenvalue weighted by Crippen LogP contribution is 2.16. The van der Waals surface area contributed by atoms with E-state index in [0.29, 0.717) is 22.8 Å². The first kappa shape index (κ1) is 12.0. The molecule has 0 unspecified atom stereocenters. The van der Waals surface area contributed by atoms with E-state index in [4.69, 9.17) is 5.26 Å². The molecule has 3 aromatic rings. The third-order valence-electron chi connectivity index (χ3n) is 2.84. The van der Waals surface area contributed by atoms with Crippen molar-refractivity contribution < 1.29 is 0 Å². The van der Waals surface area contributed by atoms with Crippen molar-refractivity contribution in [2.24, 2.45) is 0 Å². The molecule has 0 N–H and O–H groups in total. The summed E-state index contributed by atoms with van der Waals surface area (Å²) >= 11 is 0. The predicted octanol–water partition coefficient (Wildman–Crippen LogP) is 1.90. The minimum atomic E-state index is 0.463. The van der Waals surface area contributed by atoms with Crippen LogP contribution in [-0.4, -0.2) is 25.2 Å². The smallest absolute Gasteiger partial charge is 0.223 e. The number of aryl methyl sites for hydroxylation is 1. The average molecular weight is 262 g/mol. The SMILES string of the molecule is Cc1cccnc1-c1nnn(-c2cccc(C#N)c2)n1. The minimum absolute atomic E-state index is 0.463. The van der Waals surface area contributed by atoms with Crippen molar-refractivity contribution in [1.29, 1.82) is 5.26 Å². The van der Waals surface area contributed by atoms with Gasteiger partial charge in [0, 0.05) is 6.20 Å². The molecule has 0 saturated heterocycles. The number of nitriles is 1. The fourth-order valence-electron chi connectivity index (χ4n) is 1.84. The van der Waals surface area contributed by atoms with Gasteiger partial charge in [-0.1, -0.05) is 12.1 Å². The Morgan fingerprint density at radius 2 is 2.10 bits per heavy atom. The summed E-state index contributed by atoms with van der Waals surface area (Å²) in [5, 5.41) is 21.2. The Morgan fingerprint density at radius 1 is 1.20 bits per heavy atom. The summed E-state index contributed by atoms with van der Waals surface area (Å²) in [5.74, 6) is 0.463. The lowest BCUT2D eigenvalue weighted by Gasteiger charge is -1.99. The van der Waals surface area contributed by atoms with Crippen molar-refractivity contribution in [3.05, 3.63) is 53.7 Å². The first-order valence-electron chi connectivity index (χ1n) is 6.00. The molecule has 2 heterocycles. The number of hydrogen-bond donors (Lipinski definition) is 0. The molecule has 0 aliphatic rings. The zero-order valence-corrected chi connectivity index (χ0v) is 10.7. The summed E-state index contributed by atoms with van der Waals surface area (Å²) in [6.07, 6.45) is 1.69. The van der Waals surface area contributed by atoms with E-state index in [9.17, 15) is 0 Å². The Hall–Kier alpha value is -3.07. The minimum Gasteiger partial charge on any atom is -0.252 e. The van der Waals surface area contributed by atoms with Gasteiger partial charge in [-0.3, -0.25) is 4.98 Å². The van der Waals surface area contributed by atoms with E-state index in [1.165, 1.54) is 4.80 Å². The molecule has 0 atom stereocenters. The van der Waals surface area contributed by atoms with Crippen molar-refractivity contribution in [2.75, 3.05) is 0 Å². The zero-order valence-electron chi connectivity index (χ0n) is 10.7. The van der Waals surface area contributed by atoms with Crippen LogP contribution in [0.5, 0.6) is 0 Å². The number of hydrogen-bond acceptors (Lipinski definition) is 5. The van der Waals surface area contributed by atoms with E-state index in [-0.39, 0.29) is 0 Å². The van der Waals surface area contributed by atoms with E-state index in [0.717, 1.165) is 5.56 Å². The van der Waals surface area contributed by atoms with Crippen LogP contribution in [0.2, 0.25) is 0 Å². The van der Waals surface area contributed by atoms with Crippen LogP contribution in [0.1, 0.15) is 11.1 Å². The van der Waals surface area contributed by atoms with Crippen molar-refractivity contribution in [3.63, 3.8) is 0 Å². The van der Waals surface area contributed by atoms with Crippen LogP contribution >= 0.6 is 0 Å². The van der Waals surface area contributed by atoms with Gasteiger partial charge in [0.15, 0.2) is 0 Å². The van der Waals surface area contributed by atoms with E-state index in [1.807, 2.05) is 25.1 Å². The summed E-state index contributed by atoms with van der Waals surface area (Å²) in [4.78, 5) is 5.65. The molecular weight excluding hydrogens is 252 g/mol. The van der Waals surface area contributed by atoms with Crippen molar-refractivity contribution in [2.45, 2.75) is 6.92 Å². The van der Waals surface area contributed by atoms with Crippen LogP contribution in [0.15, 0.2) is 42.6 Å². The first-order chi connectivity index (χ1) is 9.78. The highest BCUT2D eigenvalue weighted by Gasteiger charge is 2.10. The molecule has 20 heavy (non-hydrogen) atoms. The lowest BCUT2D eigenvalue weighted by atomic mass is 10.2. The molecule has 3 rings (SSSR count). The van der Waals surface area contributed by atoms with Crippen LogP contribution in [0.3, 0.4) is 0 Å². The Bertz CT molecular complexity index is 799. The topological polar surface area (TPSA) is 80.3 Å². The lowest BCUT2D eigenvalue weighted by Crippen LogP contribution is -1.99. The lowest BCUT2D eigenvalue weighted by molar-refractivity contribution is 0.720. The summed E-state index contributed by atoms with van der Waals surface area (Å²) in [7, 11) is 0. The predicted molar refractivity (Wildman–Crippen MR) is 71.8 cm³/mol. The van der Waals surface area contributed by atoms with Crippen LogP contribution in [-0.2, 0) is 0 Å². The second-order valence-electron chi connectivity index (χ2n) is 4.23. The van der Waals surface area contributed by atoms with Gasteiger partial charge in [0.05, 0.1) is 17.3 Å². The molecule has 0 aliphatic carbocycles. The Kier molecular flexibility index (Phi) is 2.94. The maximum Gasteiger partial charge on any atom is 0.223 e. The largest absolute Gasteiger partial charge is 0.252 e. The molecule has 1 aromatic carbocycles. The van der Waals surface area contributed by atoms with Crippen molar-refractivity contribution in [1.82, 2.24) is 25.2 Å². The standard InChI is InChI=1S/C14H10N6/c1-10-4-3-7-16-13(10)14-17-19-20(18-14)12-6-2-5-11(8-12)9-15/h2-8H,1H3. The average Bonchev–Trinajstić information content (AvgIpc) is 2.97. The molecule has 6 nitrogen and oxygen atoms in total. The molecule has 0 amide bonds. The first-order valence-corrected chi connectivity index (χ1v) is 6.00. The highest BCUT2D eigenvalue weighted by molar-refractivity contribution is 5.53. The molecule has 0 saturated carbocycles. The maximum atomic E-state index is 8.90. The summed E-state index contributed by atoms with van der Waals surface area (Å²) in [6.45, 7) is 1.94. The van der Waals surface area contributed by atoms with Gasteiger partial charge < -0.3 is 0 Å². The van der Waals surface area contributed by atoms with Crippen molar-refractivity contribution >= 4 is 0 Å². The third kappa shape index (κ3) is 2.12. The van der Waals surface area contributed by atoms with Gasteiger partial charge in [-0.15, -0.1) is 15.0 Å². The Balaban J connectivity index is 2.02. The molecule has 0 aliphatic heterocycles. The Morgan fingerprint density at radius 3 is 2.90 bits per heavy atom. The fourth-order valence-corrected chi connectivity index (χ4v) is 1.84. The third-order valence-corrected chi connectivity index (χ3v) is 2.84. The monoisotopic (exact) mass is 262 g/mol. The molecule has 0 spiro atoms. The second-order valence-corrected chi connectivity index (χ2v) is 4.23. The van der Waals surface area contributed by atoms with Gasteiger partial charge in [0.2, 0.25) is 5.82 Å². The van der Waals surface area contributed by atoms with Gasteiger partial charge >= 0.3 is 0 Å². The van der Waals surface area contributed by atoms with Crippen LogP contribution in [0, 0.1) is 18.3 Å². The quantitative estimate of drug-likeness (QED) is 0.704. The van der Waals surface area contributed by atoms with Crippen LogP contribution in [0.4, 0.5) is 0 Å². The molecular formula is C14H10N6. The normalized spacial score (nSPS) is 10.2. The van der Waals surface area contributed by atoms with E-state index in [2.05, 4.69) is 26.5 Å². The fraction of sp³-hybridized carbons (Fsp3) is 0.0714. The second kappa shape index (κ2) is 4.90. The molecule has 0 bridgehead atoms. The number of benzene rings is 1. The summed E-state index contributed by atoms with van der Waals surface area (Å²) < 4.78 is 0. The number of nitrogens with zero attached hydrogens (tertiary/aromatic N) is 6. The molecule has 0 radical (unpaired) electrons. The molecule has 96 valence electrons. The van der Waals surface area contributed by atoms with E-state index >= 15 is 0 Å². The van der Waals surface area contributed by atoms with Gasteiger partial charge in [0.1, 0.15) is 5.69 Å². The Labute approximate surface area is 115 Å². The van der Waals surface area contributed by atoms with Gasteiger partial charge in [0.25, 0.3) is 0 Å². The number of aromatic nitrogens is 5. The number of pyridine rings is 1. The molecule has 6 heteroatoms. The maximum absolute atomic E-state index is 8.90.